The van der Waals surface area contributed by atoms with Gasteiger partial charge in [-0.25, -0.2) is 4.79 Å². The van der Waals surface area contributed by atoms with Crippen LogP contribution in [-0.4, -0.2) is 77.1 Å². The highest BCUT2D eigenvalue weighted by molar-refractivity contribution is 6.11. The number of benzene rings is 3. The maximum Gasteiger partial charge on any atom is 0.325 e. The van der Waals surface area contributed by atoms with Crippen molar-refractivity contribution in [3.63, 3.8) is 0 Å². The normalized spacial score (nSPS) is 25.3. The third-order valence-electron chi connectivity index (χ3n) is 9.23. The highest BCUT2D eigenvalue weighted by atomic mass is 16.5. The van der Waals surface area contributed by atoms with Crippen molar-refractivity contribution in [1.82, 2.24) is 10.6 Å². The first-order chi connectivity index (χ1) is 23.3. The van der Waals surface area contributed by atoms with E-state index in [9.17, 15) is 33.6 Å². The van der Waals surface area contributed by atoms with Crippen molar-refractivity contribution in [3.05, 3.63) is 106 Å². The fourth-order valence-electron chi connectivity index (χ4n) is 6.96. The van der Waals surface area contributed by atoms with E-state index in [4.69, 9.17) is 20.7 Å². The Morgan fingerprint density at radius 2 is 1.24 bits per heavy atom. The van der Waals surface area contributed by atoms with Gasteiger partial charge in [0.2, 0.25) is 0 Å². The van der Waals surface area contributed by atoms with E-state index in [0.29, 0.717) is 24.0 Å². The summed E-state index contributed by atoms with van der Waals surface area (Å²) in [6, 6.07) is 20.8. The van der Waals surface area contributed by atoms with Crippen LogP contribution in [0, 0.1) is 0 Å². The van der Waals surface area contributed by atoms with Crippen LogP contribution >= 0.6 is 0 Å². The van der Waals surface area contributed by atoms with Gasteiger partial charge in [0, 0.05) is 19.3 Å². The molecular formula is C35H33N3O11. The number of hydrogen-bond acceptors (Lipinski definition) is 10. The summed E-state index contributed by atoms with van der Waals surface area (Å²) in [5, 5.41) is 23.0. The Hall–Kier alpha value is -5.89. The summed E-state index contributed by atoms with van der Waals surface area (Å²) >= 11 is 0. The minimum atomic E-state index is -1.74. The van der Waals surface area contributed by atoms with Gasteiger partial charge in [-0.1, -0.05) is 72.8 Å². The zero-order chi connectivity index (χ0) is 35.7. The maximum absolute atomic E-state index is 12.1. The number of nitrogens with one attached hydrogen (secondary N) is 2. The molecule has 7 rings (SSSR count). The number of urea groups is 1. The van der Waals surface area contributed by atoms with Crippen LogP contribution in [-0.2, 0) is 57.5 Å². The van der Waals surface area contributed by atoms with Gasteiger partial charge in [0.15, 0.2) is 5.78 Å². The first-order valence-corrected chi connectivity index (χ1v) is 15.1. The van der Waals surface area contributed by atoms with Crippen LogP contribution in [0.1, 0.15) is 51.1 Å². The Kier molecular flexibility index (Phi) is 9.36. The molecule has 0 aromatic heterocycles. The number of methoxy groups -OCH3 is 2. The van der Waals surface area contributed by atoms with Crippen LogP contribution in [0.15, 0.2) is 72.8 Å². The van der Waals surface area contributed by atoms with Crippen LogP contribution in [0.25, 0.3) is 0 Å². The molecule has 254 valence electrons. The Bertz CT molecular complexity index is 1880. The summed E-state index contributed by atoms with van der Waals surface area (Å²) in [5.74, 6) is -6.70. The van der Waals surface area contributed by atoms with E-state index in [1.165, 1.54) is 14.2 Å². The van der Waals surface area contributed by atoms with Gasteiger partial charge in [-0.05, 0) is 33.4 Å². The number of esters is 2. The fourth-order valence-corrected chi connectivity index (χ4v) is 6.96. The third-order valence-corrected chi connectivity index (χ3v) is 9.23. The predicted octanol–water partition coefficient (Wildman–Crippen LogP) is 1.34. The highest BCUT2D eigenvalue weighted by Gasteiger charge is 2.60. The molecule has 1 saturated heterocycles. The summed E-state index contributed by atoms with van der Waals surface area (Å²) in [7, 11) is 2.57. The topological polar surface area (TPSA) is 228 Å². The van der Waals surface area contributed by atoms with Gasteiger partial charge in [0.25, 0.3) is 5.91 Å². The van der Waals surface area contributed by atoms with Gasteiger partial charge >= 0.3 is 29.9 Å². The maximum atomic E-state index is 12.1. The Morgan fingerprint density at radius 1 is 0.735 bits per heavy atom. The molecule has 14 nitrogen and oxygen atoms in total. The van der Waals surface area contributed by atoms with Crippen LogP contribution in [0.2, 0.25) is 0 Å². The molecule has 3 aromatic carbocycles. The molecule has 1 fully saturated rings. The Labute approximate surface area is 279 Å². The summed E-state index contributed by atoms with van der Waals surface area (Å²) in [6.07, 6.45) is 0.686. The van der Waals surface area contributed by atoms with E-state index in [2.05, 4.69) is 15.4 Å². The molecule has 1 spiro atoms. The number of nitrogens with two attached hydrogens (primary N) is 1. The van der Waals surface area contributed by atoms with Gasteiger partial charge in [0.1, 0.15) is 28.8 Å². The number of carbonyl (C=O) groups is 7. The number of carboxylic acids is 2. The summed E-state index contributed by atoms with van der Waals surface area (Å²) < 4.78 is 9.39. The lowest BCUT2D eigenvalue weighted by molar-refractivity contribution is -0.151. The van der Waals surface area contributed by atoms with Crippen LogP contribution in [0.5, 0.6) is 0 Å². The summed E-state index contributed by atoms with van der Waals surface area (Å²) in [5.41, 5.74) is 7.25. The summed E-state index contributed by atoms with van der Waals surface area (Å²) in [4.78, 5) is 80.7. The number of amides is 3. The highest BCUT2D eigenvalue weighted by Crippen LogP contribution is 2.43. The lowest BCUT2D eigenvalue weighted by Gasteiger charge is -2.26. The number of aliphatic carboxylic acids is 2. The SMILES string of the molecule is COC(=O)C1C(=O)Cc2ccccc21.COC(=O)C1c2ccccc2CC12NC(=O)NC2=O.NC1(C(=O)O)Cc2ccccc2C1C(=O)O. The minimum Gasteiger partial charge on any atom is -0.481 e. The van der Waals surface area contributed by atoms with Crippen molar-refractivity contribution in [1.29, 1.82) is 0 Å². The lowest BCUT2D eigenvalue weighted by Crippen LogP contribution is -2.53. The molecule has 0 bridgehead atoms. The number of ether oxygens (including phenoxy) is 2. The quantitative estimate of drug-likeness (QED) is 0.150. The van der Waals surface area contributed by atoms with E-state index in [-0.39, 0.29) is 12.2 Å². The van der Waals surface area contributed by atoms with Crippen LogP contribution < -0.4 is 16.4 Å². The number of Topliss-reactive ketones (excluding diaryl/α,β-unsaturated/α-hetero) is 1. The van der Waals surface area contributed by atoms with E-state index < -0.39 is 64.6 Å². The fraction of sp³-hybridized carbons (Fsp3) is 0.286. The van der Waals surface area contributed by atoms with Crippen LogP contribution in [0.4, 0.5) is 4.79 Å². The van der Waals surface area contributed by atoms with Gasteiger partial charge in [0.05, 0.1) is 14.2 Å². The average molecular weight is 672 g/mol. The number of fused-ring (bicyclic) bond motifs is 3. The van der Waals surface area contributed by atoms with Gasteiger partial charge in [-0.3, -0.25) is 34.1 Å². The number of ketones is 1. The van der Waals surface area contributed by atoms with E-state index in [0.717, 1.165) is 22.3 Å². The average Bonchev–Trinajstić information content (AvgIpc) is 3.77. The molecule has 5 unspecified atom stereocenters. The van der Waals surface area contributed by atoms with Crippen molar-refractivity contribution in [3.8, 4) is 0 Å². The van der Waals surface area contributed by atoms with Gasteiger partial charge < -0.3 is 30.7 Å². The largest absolute Gasteiger partial charge is 0.481 e. The monoisotopic (exact) mass is 671 g/mol. The second-order valence-corrected chi connectivity index (χ2v) is 12.0. The second kappa shape index (κ2) is 13.3. The van der Waals surface area contributed by atoms with Crippen molar-refractivity contribution in [2.45, 2.75) is 48.1 Å². The van der Waals surface area contributed by atoms with Crippen molar-refractivity contribution >= 4 is 41.6 Å². The molecule has 1 aliphatic heterocycles. The number of carboxylic acid groups (broad SMARTS) is 2. The smallest absolute Gasteiger partial charge is 0.325 e. The molecule has 6 N–H and O–H groups in total. The molecule has 3 aliphatic carbocycles. The second-order valence-electron chi connectivity index (χ2n) is 12.0. The molecule has 3 amide bonds. The molecular weight excluding hydrogens is 638 g/mol. The number of carbonyl (C=O) groups excluding carboxylic acids is 5. The number of rotatable bonds is 4. The Balaban J connectivity index is 0.000000145. The van der Waals surface area contributed by atoms with Gasteiger partial charge in [-0.15, -0.1) is 0 Å². The number of hydrogen-bond donors (Lipinski definition) is 5. The Morgan fingerprint density at radius 3 is 1.76 bits per heavy atom. The van der Waals surface area contributed by atoms with E-state index >= 15 is 0 Å². The predicted molar refractivity (Wildman–Crippen MR) is 169 cm³/mol. The number of imide groups is 1. The lowest BCUT2D eigenvalue weighted by atomic mass is 9.84. The van der Waals surface area contributed by atoms with Crippen molar-refractivity contribution < 1.29 is 53.2 Å². The first-order valence-electron chi connectivity index (χ1n) is 15.1. The first kappa shape index (κ1) is 34.4. The molecule has 4 aliphatic rings. The molecule has 5 atom stereocenters. The van der Waals surface area contributed by atoms with Crippen LogP contribution in [0.3, 0.4) is 0 Å². The van der Waals surface area contributed by atoms with Crippen molar-refractivity contribution in [2.75, 3.05) is 14.2 Å². The van der Waals surface area contributed by atoms with E-state index in [1.807, 2.05) is 36.4 Å². The standard InChI is InChI=1S/C13H12N2O4.C11H11NO4.C11H10O3/c1-19-10(16)9-8-5-3-2-4-7(8)6-13(9)11(17)14-12(18)15-13;12-11(10(15)16)5-6-3-1-2-4-7(6)8(11)9(13)14;1-14-11(13)10-8-5-3-2-4-7(8)6-9(10)12/h2-5,9H,6H2,1H3,(H2,14,15,17,18);1-4,8H,5,12H2,(H,13,14)(H,15,16);2-5,10H,6H2,1H3. The molecule has 3 aromatic rings. The zero-order valence-electron chi connectivity index (χ0n) is 26.4. The molecule has 1 heterocycles. The molecule has 0 radical (unpaired) electrons. The molecule has 0 saturated carbocycles. The van der Waals surface area contributed by atoms with Gasteiger partial charge in [-0.2, -0.15) is 0 Å². The van der Waals surface area contributed by atoms with E-state index in [1.54, 1.807) is 36.4 Å². The third kappa shape index (κ3) is 6.02. The summed E-state index contributed by atoms with van der Waals surface area (Å²) in [6.45, 7) is 0. The molecule has 14 heteroatoms. The zero-order valence-corrected chi connectivity index (χ0v) is 26.4. The van der Waals surface area contributed by atoms with Crippen molar-refractivity contribution in [2.24, 2.45) is 5.73 Å². The molecule has 49 heavy (non-hydrogen) atoms. The minimum absolute atomic E-state index is 0.0511.